The van der Waals surface area contributed by atoms with Crippen molar-refractivity contribution in [2.24, 2.45) is 0 Å². The molecule has 0 aromatic rings. The van der Waals surface area contributed by atoms with Crippen LogP contribution in [0.4, 0.5) is 0 Å². The van der Waals surface area contributed by atoms with Gasteiger partial charge in [0, 0.05) is 0 Å². The van der Waals surface area contributed by atoms with E-state index in [0.29, 0.717) is 0 Å². The van der Waals surface area contributed by atoms with Gasteiger partial charge in [0.1, 0.15) is 110 Å². The second kappa shape index (κ2) is 18.5. The third-order valence-corrected chi connectivity index (χ3v) is 10.2. The molecule has 6 rings (SSSR count). The summed E-state index contributed by atoms with van der Waals surface area (Å²) in [6.07, 6.45) is -37.9. The van der Waals surface area contributed by atoms with E-state index in [1.54, 1.807) is 0 Å². The van der Waals surface area contributed by atoms with Crippen LogP contribution in [-0.2, 0) is 52.1 Å². The molecule has 24 unspecified atom stereocenters. The lowest BCUT2D eigenvalue weighted by molar-refractivity contribution is -0.365. The zero-order chi connectivity index (χ0) is 39.9. The first-order valence-corrected chi connectivity index (χ1v) is 17.6. The fraction of sp³-hybridized carbons (Fsp3) is 1.00. The van der Waals surface area contributed by atoms with Crippen molar-refractivity contribution in [1.82, 2.24) is 0 Å². The molecule has 6 heterocycles. The number of hydrogen-bond donors (Lipinski definition) is 14. The molecular weight excluding hydrogens is 760 g/mol. The van der Waals surface area contributed by atoms with Crippen LogP contribution in [-0.4, -0.2) is 259 Å². The van der Waals surface area contributed by atoms with Crippen LogP contribution in [0.1, 0.15) is 0 Å². The molecule has 6 aliphatic rings. The number of hydrogen-bond acceptors (Lipinski definition) is 25. The van der Waals surface area contributed by atoms with Crippen molar-refractivity contribution in [3.05, 3.63) is 0 Å². The molecule has 14 N–H and O–H groups in total. The Morgan fingerprint density at radius 2 is 0.491 bits per heavy atom. The van der Waals surface area contributed by atoms with E-state index in [9.17, 15) is 71.5 Å². The van der Waals surface area contributed by atoms with Crippen molar-refractivity contribution in [1.29, 1.82) is 0 Å². The van der Waals surface area contributed by atoms with Crippen molar-refractivity contribution in [2.75, 3.05) is 39.6 Å². The second-order valence-electron chi connectivity index (χ2n) is 14.1. The topological polar surface area (TPSA) is 385 Å². The summed E-state index contributed by atoms with van der Waals surface area (Å²) >= 11 is 0. The maximum atomic E-state index is 10.8. The highest BCUT2D eigenvalue weighted by molar-refractivity contribution is 4.93. The van der Waals surface area contributed by atoms with Crippen LogP contribution in [0.5, 0.6) is 0 Å². The van der Waals surface area contributed by atoms with E-state index >= 15 is 0 Å². The minimum Gasteiger partial charge on any atom is -0.388 e. The van der Waals surface area contributed by atoms with E-state index in [1.807, 2.05) is 0 Å². The van der Waals surface area contributed by atoms with Crippen LogP contribution in [0.3, 0.4) is 0 Å². The molecule has 6 aliphatic heterocycles. The monoisotopic (exact) mass is 810 g/mol. The van der Waals surface area contributed by atoms with E-state index in [-0.39, 0.29) is 13.2 Å². The summed E-state index contributed by atoms with van der Waals surface area (Å²) in [7, 11) is 0. The molecule has 0 aliphatic carbocycles. The summed E-state index contributed by atoms with van der Waals surface area (Å²) in [6, 6.07) is 0. The van der Waals surface area contributed by atoms with Crippen LogP contribution in [0, 0.1) is 0 Å². The Hall–Kier alpha value is -1.00. The van der Waals surface area contributed by atoms with Gasteiger partial charge in [0.2, 0.25) is 0 Å². The zero-order valence-corrected chi connectivity index (χ0v) is 28.9. The van der Waals surface area contributed by atoms with Gasteiger partial charge in [-0.3, -0.25) is 0 Å². The summed E-state index contributed by atoms with van der Waals surface area (Å²) in [5.41, 5.74) is 0. The van der Waals surface area contributed by atoms with E-state index in [0.717, 1.165) is 0 Å². The number of rotatable bonds is 10. The largest absolute Gasteiger partial charge is 0.388 e. The smallest absolute Gasteiger partial charge is 0.186 e. The van der Waals surface area contributed by atoms with Crippen LogP contribution in [0.15, 0.2) is 0 Å². The zero-order valence-electron chi connectivity index (χ0n) is 28.9. The number of ether oxygens (including phenoxy) is 11. The molecule has 0 saturated carbocycles. The summed E-state index contributed by atoms with van der Waals surface area (Å²) in [5.74, 6) is 0. The lowest BCUT2D eigenvalue weighted by Gasteiger charge is -2.45. The molecule has 320 valence electrons. The van der Waals surface area contributed by atoms with Crippen LogP contribution in [0.25, 0.3) is 0 Å². The van der Waals surface area contributed by atoms with Crippen molar-refractivity contribution < 1.29 is 124 Å². The normalized spacial score (nSPS) is 54.2. The Morgan fingerprint density at radius 1 is 0.255 bits per heavy atom. The molecule has 0 bridgehead atoms. The van der Waals surface area contributed by atoms with E-state index in [2.05, 4.69) is 0 Å². The molecule has 0 aromatic heterocycles. The first-order valence-electron chi connectivity index (χ1n) is 17.6. The number of aliphatic hydroxyl groups is 14. The van der Waals surface area contributed by atoms with Crippen LogP contribution < -0.4 is 0 Å². The second-order valence-corrected chi connectivity index (χ2v) is 14.1. The average Bonchev–Trinajstić information content (AvgIpc) is 3.16. The van der Waals surface area contributed by atoms with Gasteiger partial charge in [-0.2, -0.15) is 0 Å². The van der Waals surface area contributed by atoms with Crippen LogP contribution >= 0.6 is 0 Å². The van der Waals surface area contributed by atoms with E-state index < -0.39 is 174 Å². The predicted molar refractivity (Wildman–Crippen MR) is 163 cm³/mol. The molecule has 6 saturated heterocycles. The molecule has 55 heavy (non-hydrogen) atoms. The molecule has 0 radical (unpaired) electrons. The van der Waals surface area contributed by atoms with Crippen molar-refractivity contribution in [3.8, 4) is 0 Å². The average molecular weight is 811 g/mol. The quantitative estimate of drug-likeness (QED) is 0.0974. The highest BCUT2D eigenvalue weighted by Crippen LogP contribution is 2.31. The Morgan fingerprint density at radius 3 is 0.800 bits per heavy atom. The molecule has 6 fully saturated rings. The summed E-state index contributed by atoms with van der Waals surface area (Å²) in [4.78, 5) is 0. The molecule has 0 aromatic carbocycles. The summed E-state index contributed by atoms with van der Waals surface area (Å²) < 4.78 is 59.4. The Labute approximate surface area is 311 Å². The van der Waals surface area contributed by atoms with Crippen molar-refractivity contribution in [2.45, 2.75) is 148 Å². The Kier molecular flexibility index (Phi) is 14.7. The molecule has 25 heteroatoms. The van der Waals surface area contributed by atoms with Crippen LogP contribution in [0.2, 0.25) is 0 Å². The third kappa shape index (κ3) is 9.42. The maximum Gasteiger partial charge on any atom is 0.186 e. The fourth-order valence-electron chi connectivity index (χ4n) is 6.69. The van der Waals surface area contributed by atoms with Gasteiger partial charge in [-0.15, -0.1) is 0 Å². The Bertz CT molecular complexity index is 1120. The van der Waals surface area contributed by atoms with Crippen molar-refractivity contribution >= 4 is 0 Å². The molecule has 24 atom stereocenters. The standard InChI is InChI=1S/C30H50O25/c31-7-1-46-26(20(39)13(7)32)52-9-3-48-28(22(41)15(9)34)54-11-5-50-30(24(43)17(11)36)55-12-6-49-29(23(42)18(12)37)53-10-4-47-27(21(40)16(10)35)51-8-2-45-25(44)19(38)14(8)33/h7-44H,1-6H2. The number of aliphatic hydroxyl groups excluding tert-OH is 14. The molecule has 0 amide bonds. The lowest BCUT2D eigenvalue weighted by Crippen LogP contribution is -2.63. The first-order chi connectivity index (χ1) is 26.1. The first kappa shape index (κ1) is 43.6. The van der Waals surface area contributed by atoms with Gasteiger partial charge in [0.25, 0.3) is 0 Å². The van der Waals surface area contributed by atoms with Gasteiger partial charge in [-0.1, -0.05) is 0 Å². The summed E-state index contributed by atoms with van der Waals surface area (Å²) in [6.45, 7) is -2.52. The Balaban J connectivity index is 0.936. The maximum absolute atomic E-state index is 10.8. The van der Waals surface area contributed by atoms with E-state index in [1.165, 1.54) is 0 Å². The van der Waals surface area contributed by atoms with Gasteiger partial charge < -0.3 is 124 Å². The van der Waals surface area contributed by atoms with Gasteiger partial charge in [-0.25, -0.2) is 0 Å². The molecule has 25 nitrogen and oxygen atoms in total. The predicted octanol–water partition coefficient (Wildman–Crippen LogP) is -10.3. The SMILES string of the molecule is OC1COC(OC2COC(OC3COC(OC4COC(OC5COC(OC6COC(O)C(O)C6O)C(O)C5O)C(O)C4O)C(O)C3O)C(O)C2O)C(O)C1O. The minimum absolute atomic E-state index is 0.365. The van der Waals surface area contributed by atoms with Crippen molar-refractivity contribution in [3.63, 3.8) is 0 Å². The molecular formula is C30H50O25. The lowest BCUT2D eigenvalue weighted by atomic mass is 10.0. The van der Waals surface area contributed by atoms with Gasteiger partial charge in [0.05, 0.1) is 39.6 Å². The van der Waals surface area contributed by atoms with E-state index in [4.69, 9.17) is 52.1 Å². The molecule has 0 spiro atoms. The fourth-order valence-corrected chi connectivity index (χ4v) is 6.69. The van der Waals surface area contributed by atoms with Gasteiger partial charge in [-0.05, 0) is 0 Å². The highest BCUT2D eigenvalue weighted by atomic mass is 16.8. The third-order valence-electron chi connectivity index (χ3n) is 10.2. The van der Waals surface area contributed by atoms with Gasteiger partial charge >= 0.3 is 0 Å². The minimum atomic E-state index is -1.83. The summed E-state index contributed by atoms with van der Waals surface area (Å²) in [5, 5.41) is 144. The highest BCUT2D eigenvalue weighted by Gasteiger charge is 2.51. The van der Waals surface area contributed by atoms with Gasteiger partial charge in [0.15, 0.2) is 37.7 Å².